The molecular formula is C12H18N2O2. The smallest absolute Gasteiger partial charge is 0.319 e. The van der Waals surface area contributed by atoms with Gasteiger partial charge < -0.3 is 15.7 Å². The second kappa shape index (κ2) is 6.12. The predicted molar refractivity (Wildman–Crippen MR) is 64.5 cm³/mol. The Balaban J connectivity index is 2.55. The largest absolute Gasteiger partial charge is 0.394 e. The Morgan fingerprint density at radius 2 is 2.12 bits per heavy atom. The standard InChI is InChI=1S/C12H18N2O2/c1-3-10(8-15)13-12(16)14-11-7-5-4-6-9(11)2/h4-7,10,15H,3,8H2,1-2H3,(H2,13,14,16)/t10-/m1/s1. The lowest BCUT2D eigenvalue weighted by Gasteiger charge is -2.15. The first kappa shape index (κ1) is 12.5. The molecule has 0 heterocycles. The summed E-state index contributed by atoms with van der Waals surface area (Å²) < 4.78 is 0. The molecule has 0 fully saturated rings. The number of aliphatic hydroxyl groups is 1. The zero-order chi connectivity index (χ0) is 12.0. The van der Waals surface area contributed by atoms with Crippen LogP contribution in [0.15, 0.2) is 24.3 Å². The molecule has 0 saturated carbocycles. The quantitative estimate of drug-likeness (QED) is 0.728. The number of para-hydroxylation sites is 1. The fourth-order valence-corrected chi connectivity index (χ4v) is 1.33. The third-order valence-corrected chi connectivity index (χ3v) is 2.44. The van der Waals surface area contributed by atoms with Crippen molar-refractivity contribution in [1.29, 1.82) is 0 Å². The molecule has 0 aliphatic carbocycles. The van der Waals surface area contributed by atoms with Crippen molar-refractivity contribution >= 4 is 11.7 Å². The molecule has 0 radical (unpaired) electrons. The van der Waals surface area contributed by atoms with Crippen LogP contribution in [-0.4, -0.2) is 23.8 Å². The molecule has 3 N–H and O–H groups in total. The molecule has 0 saturated heterocycles. The third-order valence-electron chi connectivity index (χ3n) is 2.44. The average molecular weight is 222 g/mol. The van der Waals surface area contributed by atoms with Gasteiger partial charge in [-0.3, -0.25) is 0 Å². The summed E-state index contributed by atoms with van der Waals surface area (Å²) >= 11 is 0. The minimum absolute atomic E-state index is 0.0440. The van der Waals surface area contributed by atoms with Crippen LogP contribution in [-0.2, 0) is 0 Å². The summed E-state index contributed by atoms with van der Waals surface area (Å²) in [5.74, 6) is 0. The molecule has 1 atom stereocenters. The van der Waals surface area contributed by atoms with E-state index in [1.54, 1.807) is 0 Å². The van der Waals surface area contributed by atoms with Gasteiger partial charge in [0.25, 0.3) is 0 Å². The molecule has 0 aliphatic rings. The van der Waals surface area contributed by atoms with Gasteiger partial charge >= 0.3 is 6.03 Å². The van der Waals surface area contributed by atoms with E-state index in [2.05, 4.69) is 10.6 Å². The van der Waals surface area contributed by atoms with E-state index in [-0.39, 0.29) is 18.7 Å². The molecule has 0 unspecified atom stereocenters. The van der Waals surface area contributed by atoms with Crippen molar-refractivity contribution in [1.82, 2.24) is 5.32 Å². The van der Waals surface area contributed by atoms with Crippen LogP contribution in [0.2, 0.25) is 0 Å². The summed E-state index contributed by atoms with van der Waals surface area (Å²) in [6.45, 7) is 3.80. The topological polar surface area (TPSA) is 61.4 Å². The van der Waals surface area contributed by atoms with Crippen molar-refractivity contribution < 1.29 is 9.90 Å². The van der Waals surface area contributed by atoms with Crippen LogP contribution in [0.1, 0.15) is 18.9 Å². The minimum Gasteiger partial charge on any atom is -0.394 e. The zero-order valence-corrected chi connectivity index (χ0v) is 9.66. The summed E-state index contributed by atoms with van der Waals surface area (Å²) in [5.41, 5.74) is 1.79. The first-order valence-electron chi connectivity index (χ1n) is 5.41. The summed E-state index contributed by atoms with van der Waals surface area (Å²) in [6.07, 6.45) is 0.706. The number of carbonyl (C=O) groups excluding carboxylic acids is 1. The number of hydrogen-bond donors (Lipinski definition) is 3. The highest BCUT2D eigenvalue weighted by Crippen LogP contribution is 2.12. The molecule has 0 spiro atoms. The van der Waals surface area contributed by atoms with Gasteiger partial charge in [0.05, 0.1) is 12.6 Å². The Kier molecular flexibility index (Phi) is 4.79. The second-order valence-electron chi connectivity index (χ2n) is 3.70. The third kappa shape index (κ3) is 3.55. The molecule has 4 nitrogen and oxygen atoms in total. The number of amides is 2. The van der Waals surface area contributed by atoms with Crippen molar-refractivity contribution in [3.05, 3.63) is 29.8 Å². The normalized spacial score (nSPS) is 11.9. The van der Waals surface area contributed by atoms with Crippen molar-refractivity contribution in [3.8, 4) is 0 Å². The Morgan fingerprint density at radius 1 is 1.44 bits per heavy atom. The van der Waals surface area contributed by atoms with Crippen LogP contribution in [0.3, 0.4) is 0 Å². The molecule has 0 bridgehead atoms. The number of rotatable bonds is 4. The highest BCUT2D eigenvalue weighted by Gasteiger charge is 2.09. The van der Waals surface area contributed by atoms with Gasteiger partial charge in [-0.1, -0.05) is 25.1 Å². The van der Waals surface area contributed by atoms with Gasteiger partial charge in [-0.25, -0.2) is 4.79 Å². The van der Waals surface area contributed by atoms with Crippen LogP contribution in [0.4, 0.5) is 10.5 Å². The van der Waals surface area contributed by atoms with E-state index in [9.17, 15) is 4.79 Å². The summed E-state index contributed by atoms with van der Waals surface area (Å²) in [7, 11) is 0. The highest BCUT2D eigenvalue weighted by molar-refractivity contribution is 5.90. The van der Waals surface area contributed by atoms with E-state index >= 15 is 0 Å². The highest BCUT2D eigenvalue weighted by atomic mass is 16.3. The zero-order valence-electron chi connectivity index (χ0n) is 9.66. The number of carbonyl (C=O) groups is 1. The van der Waals surface area contributed by atoms with Crippen LogP contribution in [0.25, 0.3) is 0 Å². The number of hydrogen-bond acceptors (Lipinski definition) is 2. The number of aryl methyl sites for hydroxylation is 1. The van der Waals surface area contributed by atoms with E-state index in [1.165, 1.54) is 0 Å². The van der Waals surface area contributed by atoms with Gasteiger partial charge in [-0.2, -0.15) is 0 Å². The lowest BCUT2D eigenvalue weighted by atomic mass is 10.2. The van der Waals surface area contributed by atoms with Gasteiger partial charge in [0, 0.05) is 5.69 Å². The Morgan fingerprint density at radius 3 is 2.69 bits per heavy atom. The van der Waals surface area contributed by atoms with Crippen molar-refractivity contribution in [2.75, 3.05) is 11.9 Å². The minimum atomic E-state index is -0.282. The fourth-order valence-electron chi connectivity index (χ4n) is 1.33. The number of nitrogens with one attached hydrogen (secondary N) is 2. The average Bonchev–Trinajstić information content (AvgIpc) is 2.29. The van der Waals surface area contributed by atoms with E-state index in [1.807, 2.05) is 38.1 Å². The Bertz CT molecular complexity index is 349. The molecule has 1 aromatic rings. The molecule has 1 rings (SSSR count). The fraction of sp³-hybridized carbons (Fsp3) is 0.417. The lowest BCUT2D eigenvalue weighted by Crippen LogP contribution is -2.39. The molecule has 1 aromatic carbocycles. The van der Waals surface area contributed by atoms with Crippen LogP contribution >= 0.6 is 0 Å². The molecular weight excluding hydrogens is 204 g/mol. The first-order valence-corrected chi connectivity index (χ1v) is 5.41. The molecule has 0 aromatic heterocycles. The molecule has 0 aliphatic heterocycles. The van der Waals surface area contributed by atoms with Crippen molar-refractivity contribution in [2.45, 2.75) is 26.3 Å². The van der Waals surface area contributed by atoms with Gasteiger partial charge in [0.1, 0.15) is 0 Å². The predicted octanol–water partition coefficient (Wildman–Crippen LogP) is 1.89. The van der Waals surface area contributed by atoms with Crippen molar-refractivity contribution in [3.63, 3.8) is 0 Å². The van der Waals surface area contributed by atoms with Gasteiger partial charge in [-0.05, 0) is 25.0 Å². The molecule has 4 heteroatoms. The number of benzene rings is 1. The Labute approximate surface area is 95.7 Å². The van der Waals surface area contributed by atoms with Crippen LogP contribution in [0, 0.1) is 6.92 Å². The van der Waals surface area contributed by atoms with Gasteiger partial charge in [0.2, 0.25) is 0 Å². The van der Waals surface area contributed by atoms with Crippen LogP contribution < -0.4 is 10.6 Å². The first-order chi connectivity index (χ1) is 7.67. The van der Waals surface area contributed by atoms with E-state index in [0.717, 1.165) is 11.3 Å². The van der Waals surface area contributed by atoms with E-state index < -0.39 is 0 Å². The maximum absolute atomic E-state index is 11.6. The summed E-state index contributed by atoms with van der Waals surface area (Å²) in [5, 5.41) is 14.4. The Hall–Kier alpha value is -1.55. The van der Waals surface area contributed by atoms with Gasteiger partial charge in [0.15, 0.2) is 0 Å². The SMILES string of the molecule is CC[C@H](CO)NC(=O)Nc1ccccc1C. The van der Waals surface area contributed by atoms with Gasteiger partial charge in [-0.15, -0.1) is 0 Å². The molecule has 88 valence electrons. The summed E-state index contributed by atoms with van der Waals surface area (Å²) in [4.78, 5) is 11.6. The summed E-state index contributed by atoms with van der Waals surface area (Å²) in [6, 6.07) is 7.08. The molecule has 16 heavy (non-hydrogen) atoms. The van der Waals surface area contributed by atoms with E-state index in [0.29, 0.717) is 6.42 Å². The maximum atomic E-state index is 11.6. The maximum Gasteiger partial charge on any atom is 0.319 e. The second-order valence-corrected chi connectivity index (χ2v) is 3.70. The number of urea groups is 1. The molecule has 2 amide bonds. The van der Waals surface area contributed by atoms with E-state index in [4.69, 9.17) is 5.11 Å². The van der Waals surface area contributed by atoms with Crippen LogP contribution in [0.5, 0.6) is 0 Å². The van der Waals surface area contributed by atoms with Crippen molar-refractivity contribution in [2.24, 2.45) is 0 Å². The number of anilines is 1. The monoisotopic (exact) mass is 222 g/mol. The number of aliphatic hydroxyl groups excluding tert-OH is 1. The lowest BCUT2D eigenvalue weighted by molar-refractivity contribution is 0.222.